The van der Waals surface area contributed by atoms with Gasteiger partial charge in [-0.1, -0.05) is 48.8 Å². The minimum absolute atomic E-state index is 0.114. The predicted molar refractivity (Wildman–Crippen MR) is 108 cm³/mol. The van der Waals surface area contributed by atoms with E-state index in [1.807, 2.05) is 43.8 Å². The van der Waals surface area contributed by atoms with E-state index < -0.39 is 0 Å². The van der Waals surface area contributed by atoms with Crippen molar-refractivity contribution < 1.29 is 9.21 Å². The zero-order chi connectivity index (χ0) is 19.4. The second-order valence-electron chi connectivity index (χ2n) is 6.76. The summed E-state index contributed by atoms with van der Waals surface area (Å²) < 4.78 is 5.59. The summed E-state index contributed by atoms with van der Waals surface area (Å²) in [6, 6.07) is 14.2. The number of amides is 1. The summed E-state index contributed by atoms with van der Waals surface area (Å²) >= 11 is 1.83. The van der Waals surface area contributed by atoms with E-state index in [2.05, 4.69) is 53.6 Å². The van der Waals surface area contributed by atoms with Crippen LogP contribution in [0.5, 0.6) is 0 Å². The molecular formula is C21H23N3O2S. The highest BCUT2D eigenvalue weighted by Crippen LogP contribution is 2.23. The average Bonchev–Trinajstić information content (AvgIpc) is 3.05. The second-order valence-corrected chi connectivity index (χ2v) is 8.41. The Morgan fingerprint density at radius 2 is 1.85 bits per heavy atom. The number of aromatic nitrogens is 2. The fourth-order valence-corrected chi connectivity index (χ4v) is 3.49. The monoisotopic (exact) mass is 381 g/mol. The molecule has 6 heteroatoms. The molecule has 5 nitrogen and oxygen atoms in total. The Balaban J connectivity index is 1.64. The molecule has 2 aromatic carbocycles. The van der Waals surface area contributed by atoms with Crippen LogP contribution < -0.4 is 5.32 Å². The van der Waals surface area contributed by atoms with Gasteiger partial charge in [-0.25, -0.2) is 0 Å². The van der Waals surface area contributed by atoms with Crippen molar-refractivity contribution in [1.82, 2.24) is 10.2 Å². The summed E-state index contributed by atoms with van der Waals surface area (Å²) in [4.78, 5) is 13.7. The Morgan fingerprint density at radius 1 is 1.11 bits per heavy atom. The molecule has 0 aliphatic heterocycles. The molecule has 0 unspecified atom stereocenters. The molecule has 0 radical (unpaired) electrons. The van der Waals surface area contributed by atoms with Crippen molar-refractivity contribution in [1.29, 1.82) is 0 Å². The normalized spacial score (nSPS) is 11.0. The smallest absolute Gasteiger partial charge is 0.322 e. The van der Waals surface area contributed by atoms with Crippen molar-refractivity contribution in [2.75, 3.05) is 5.32 Å². The molecule has 1 heterocycles. The number of aryl methyl sites for hydroxylation is 2. The van der Waals surface area contributed by atoms with Crippen molar-refractivity contribution in [2.24, 2.45) is 0 Å². The lowest BCUT2D eigenvalue weighted by Crippen LogP contribution is -2.13. The minimum atomic E-state index is -0.249. The maximum absolute atomic E-state index is 12.4. The Bertz CT molecular complexity index is 933. The van der Waals surface area contributed by atoms with Crippen LogP contribution in [0.3, 0.4) is 0 Å². The van der Waals surface area contributed by atoms with Gasteiger partial charge in [0.2, 0.25) is 5.89 Å². The Labute approximate surface area is 163 Å². The molecule has 0 spiro atoms. The number of hydrogen-bond donors (Lipinski definition) is 1. The van der Waals surface area contributed by atoms with Gasteiger partial charge in [0.25, 0.3) is 5.91 Å². The van der Waals surface area contributed by atoms with E-state index in [0.29, 0.717) is 23.1 Å². The van der Waals surface area contributed by atoms with Crippen LogP contribution in [0.25, 0.3) is 0 Å². The molecule has 3 rings (SSSR count). The van der Waals surface area contributed by atoms with Gasteiger partial charge in [0.05, 0.1) is 6.42 Å². The summed E-state index contributed by atoms with van der Waals surface area (Å²) in [7, 11) is 0. The molecule has 1 aromatic heterocycles. The van der Waals surface area contributed by atoms with Gasteiger partial charge in [0.15, 0.2) is 0 Å². The first-order valence-electron chi connectivity index (χ1n) is 8.87. The molecule has 0 atom stereocenters. The van der Waals surface area contributed by atoms with Gasteiger partial charge in [-0.05, 0) is 43.2 Å². The topological polar surface area (TPSA) is 68.0 Å². The SMILES string of the molecule is Cc1ccc(C)c(C(=O)Nc2nnc(Cc3ccc(SC(C)C)cc3)o2)c1. The molecule has 0 fully saturated rings. The number of carbonyl (C=O) groups excluding carboxylic acids is 1. The van der Waals surface area contributed by atoms with Gasteiger partial charge in [0.1, 0.15) is 0 Å². The van der Waals surface area contributed by atoms with E-state index in [1.54, 1.807) is 0 Å². The number of rotatable bonds is 6. The molecule has 140 valence electrons. The molecule has 0 aliphatic carbocycles. The lowest BCUT2D eigenvalue weighted by atomic mass is 10.1. The van der Waals surface area contributed by atoms with E-state index >= 15 is 0 Å². The molecule has 1 N–H and O–H groups in total. The first-order valence-corrected chi connectivity index (χ1v) is 9.75. The third-order valence-corrected chi connectivity index (χ3v) is 4.99. The first-order chi connectivity index (χ1) is 12.9. The molecule has 27 heavy (non-hydrogen) atoms. The highest BCUT2D eigenvalue weighted by Gasteiger charge is 2.14. The number of anilines is 1. The van der Waals surface area contributed by atoms with Crippen LogP contribution in [0.2, 0.25) is 0 Å². The van der Waals surface area contributed by atoms with Gasteiger partial charge >= 0.3 is 6.01 Å². The molecular weight excluding hydrogens is 358 g/mol. The fourth-order valence-electron chi connectivity index (χ4n) is 2.65. The van der Waals surface area contributed by atoms with Gasteiger partial charge in [0, 0.05) is 15.7 Å². The third-order valence-electron chi connectivity index (χ3n) is 3.98. The number of thioether (sulfide) groups is 1. The Morgan fingerprint density at radius 3 is 2.56 bits per heavy atom. The molecule has 0 aliphatic rings. The van der Waals surface area contributed by atoms with Gasteiger partial charge in [-0.3, -0.25) is 10.1 Å². The van der Waals surface area contributed by atoms with Crippen LogP contribution >= 0.6 is 11.8 Å². The summed E-state index contributed by atoms with van der Waals surface area (Å²) in [5.41, 5.74) is 3.61. The fraction of sp³-hybridized carbons (Fsp3) is 0.286. The lowest BCUT2D eigenvalue weighted by Gasteiger charge is -2.06. The number of hydrogen-bond acceptors (Lipinski definition) is 5. The van der Waals surface area contributed by atoms with Crippen molar-refractivity contribution >= 4 is 23.7 Å². The Kier molecular flexibility index (Phi) is 5.96. The van der Waals surface area contributed by atoms with Crippen LogP contribution in [0, 0.1) is 13.8 Å². The third kappa shape index (κ3) is 5.20. The van der Waals surface area contributed by atoms with E-state index in [4.69, 9.17) is 4.42 Å². The summed E-state index contributed by atoms with van der Waals surface area (Å²) in [6.07, 6.45) is 0.527. The average molecular weight is 382 g/mol. The van der Waals surface area contributed by atoms with E-state index in [1.165, 1.54) is 4.90 Å². The van der Waals surface area contributed by atoms with Crippen LogP contribution in [0.15, 0.2) is 51.8 Å². The second kappa shape index (κ2) is 8.39. The Hall–Kier alpha value is -2.60. The van der Waals surface area contributed by atoms with Crippen molar-refractivity contribution in [2.45, 2.75) is 44.3 Å². The standard InChI is InChI=1S/C21H23N3O2S/c1-13(2)27-17-9-7-16(8-10-17)12-19-23-24-21(26-19)22-20(25)18-11-14(3)5-6-15(18)4/h5-11,13H,12H2,1-4H3,(H,22,24,25). The highest BCUT2D eigenvalue weighted by molar-refractivity contribution is 7.99. The molecule has 0 saturated carbocycles. The van der Waals surface area contributed by atoms with E-state index in [9.17, 15) is 4.79 Å². The van der Waals surface area contributed by atoms with Crippen molar-refractivity contribution in [3.05, 3.63) is 70.6 Å². The molecule has 0 saturated heterocycles. The largest absolute Gasteiger partial charge is 0.407 e. The predicted octanol–water partition coefficient (Wildman–Crippen LogP) is 5.03. The zero-order valence-electron chi connectivity index (χ0n) is 15.9. The summed E-state index contributed by atoms with van der Waals surface area (Å²) in [6.45, 7) is 8.19. The van der Waals surface area contributed by atoms with Gasteiger partial charge in [-0.15, -0.1) is 16.9 Å². The highest BCUT2D eigenvalue weighted by atomic mass is 32.2. The van der Waals surface area contributed by atoms with E-state index in [-0.39, 0.29) is 11.9 Å². The molecule has 3 aromatic rings. The number of benzene rings is 2. The number of nitrogens with one attached hydrogen (secondary N) is 1. The molecule has 1 amide bonds. The minimum Gasteiger partial charge on any atom is -0.407 e. The van der Waals surface area contributed by atoms with Crippen LogP contribution in [0.4, 0.5) is 6.01 Å². The summed E-state index contributed by atoms with van der Waals surface area (Å²) in [5, 5.41) is 11.2. The van der Waals surface area contributed by atoms with Crippen molar-refractivity contribution in [3.63, 3.8) is 0 Å². The maximum atomic E-state index is 12.4. The summed E-state index contributed by atoms with van der Waals surface area (Å²) in [5.74, 6) is 0.219. The quantitative estimate of drug-likeness (QED) is 0.607. The first kappa shape index (κ1) is 19.2. The number of nitrogens with zero attached hydrogens (tertiary/aromatic N) is 2. The van der Waals surface area contributed by atoms with Crippen LogP contribution in [-0.4, -0.2) is 21.4 Å². The van der Waals surface area contributed by atoms with E-state index in [0.717, 1.165) is 16.7 Å². The van der Waals surface area contributed by atoms with Crippen LogP contribution in [-0.2, 0) is 6.42 Å². The van der Waals surface area contributed by atoms with Crippen LogP contribution in [0.1, 0.15) is 46.8 Å². The zero-order valence-corrected chi connectivity index (χ0v) is 16.8. The van der Waals surface area contributed by atoms with Gasteiger partial charge in [-0.2, -0.15) is 0 Å². The lowest BCUT2D eigenvalue weighted by molar-refractivity contribution is 0.102. The van der Waals surface area contributed by atoms with Crippen molar-refractivity contribution in [3.8, 4) is 0 Å². The maximum Gasteiger partial charge on any atom is 0.322 e. The van der Waals surface area contributed by atoms with Gasteiger partial charge < -0.3 is 4.42 Å². The molecule has 0 bridgehead atoms. The number of carbonyl (C=O) groups is 1.